The van der Waals surface area contributed by atoms with Crippen molar-refractivity contribution >= 4 is 15.9 Å². The predicted octanol–water partition coefficient (Wildman–Crippen LogP) is 3.73. The fourth-order valence-corrected chi connectivity index (χ4v) is 4.86. The second-order valence-electron chi connectivity index (χ2n) is 7.32. The minimum atomic E-state index is -4.52. The van der Waals surface area contributed by atoms with Crippen LogP contribution in [0.2, 0.25) is 0 Å². The zero-order valence-electron chi connectivity index (χ0n) is 16.5. The van der Waals surface area contributed by atoms with Crippen LogP contribution < -0.4 is 0 Å². The molecule has 9 heteroatoms. The fourth-order valence-electron chi connectivity index (χ4n) is 3.43. The maximum Gasteiger partial charge on any atom is 0.416 e. The van der Waals surface area contributed by atoms with Gasteiger partial charge in [0, 0.05) is 32.6 Å². The summed E-state index contributed by atoms with van der Waals surface area (Å²) in [6.45, 7) is 2.68. The van der Waals surface area contributed by atoms with Gasteiger partial charge in [0.1, 0.15) is 0 Å². The summed E-state index contributed by atoms with van der Waals surface area (Å²) in [7, 11) is -3.91. The van der Waals surface area contributed by atoms with E-state index >= 15 is 0 Å². The molecule has 3 rings (SSSR count). The van der Waals surface area contributed by atoms with Crippen LogP contribution in [0.4, 0.5) is 13.2 Å². The van der Waals surface area contributed by atoms with Gasteiger partial charge in [-0.3, -0.25) is 4.79 Å². The van der Waals surface area contributed by atoms with Gasteiger partial charge in [0.25, 0.3) is 0 Å². The highest BCUT2D eigenvalue weighted by Crippen LogP contribution is 2.30. The van der Waals surface area contributed by atoms with Gasteiger partial charge in [-0.2, -0.15) is 17.5 Å². The third-order valence-electron chi connectivity index (χ3n) is 5.26. The van der Waals surface area contributed by atoms with Gasteiger partial charge in [-0.25, -0.2) is 8.42 Å². The van der Waals surface area contributed by atoms with Gasteiger partial charge in [-0.15, -0.1) is 0 Å². The highest BCUT2D eigenvalue weighted by atomic mass is 32.2. The Labute approximate surface area is 174 Å². The van der Waals surface area contributed by atoms with E-state index in [1.165, 1.54) is 4.31 Å². The van der Waals surface area contributed by atoms with Gasteiger partial charge < -0.3 is 4.90 Å². The zero-order valence-corrected chi connectivity index (χ0v) is 17.3. The van der Waals surface area contributed by atoms with Crippen LogP contribution >= 0.6 is 0 Å². The molecule has 0 unspecified atom stereocenters. The molecule has 162 valence electrons. The Bertz CT molecular complexity index is 969. The van der Waals surface area contributed by atoms with E-state index in [-0.39, 0.29) is 42.9 Å². The van der Waals surface area contributed by atoms with Crippen molar-refractivity contribution in [1.29, 1.82) is 0 Å². The summed E-state index contributed by atoms with van der Waals surface area (Å²) in [4.78, 5) is 14.0. The van der Waals surface area contributed by atoms with Gasteiger partial charge in [0.15, 0.2) is 0 Å². The van der Waals surface area contributed by atoms with E-state index in [2.05, 4.69) is 0 Å². The van der Waals surface area contributed by atoms with Crippen LogP contribution in [-0.4, -0.2) is 49.7 Å². The quantitative estimate of drug-likeness (QED) is 0.712. The molecule has 0 saturated carbocycles. The van der Waals surface area contributed by atoms with E-state index in [4.69, 9.17) is 0 Å². The minimum Gasteiger partial charge on any atom is -0.340 e. The summed E-state index contributed by atoms with van der Waals surface area (Å²) in [5, 5.41) is 0. The number of sulfonamides is 1. The molecule has 0 N–H and O–H groups in total. The molecule has 1 fully saturated rings. The lowest BCUT2D eigenvalue weighted by atomic mass is 9.97. The molecule has 1 saturated heterocycles. The standard InChI is InChI=1S/C21H23F3N2O3S/c1-16(17-5-3-2-4-6-17)15-20(27)25-11-13-26(14-12-25)30(28,29)19-9-7-18(8-10-19)21(22,23)24/h2-10,16H,11-15H2,1H3/t16-/m0/s1. The maximum atomic E-state index is 12.7. The SMILES string of the molecule is C[C@@H](CC(=O)N1CCN(S(=O)(=O)c2ccc(C(F)(F)F)cc2)CC1)c1ccccc1. The number of piperazine rings is 1. The molecule has 0 aromatic heterocycles. The van der Waals surface area contributed by atoms with Gasteiger partial charge in [-0.1, -0.05) is 37.3 Å². The molecule has 2 aromatic carbocycles. The number of rotatable bonds is 5. The van der Waals surface area contributed by atoms with Crippen molar-refractivity contribution in [1.82, 2.24) is 9.21 Å². The molecule has 1 aliphatic heterocycles. The van der Waals surface area contributed by atoms with E-state index in [1.807, 2.05) is 37.3 Å². The van der Waals surface area contributed by atoms with E-state index < -0.39 is 21.8 Å². The second-order valence-corrected chi connectivity index (χ2v) is 9.26. The first kappa shape index (κ1) is 22.3. The summed E-state index contributed by atoms with van der Waals surface area (Å²) in [5.41, 5.74) is 0.166. The Morgan fingerprint density at radius 1 is 0.967 bits per heavy atom. The Kier molecular flexibility index (Phi) is 6.52. The third-order valence-corrected chi connectivity index (χ3v) is 7.17. The molecule has 1 aliphatic rings. The van der Waals surface area contributed by atoms with Gasteiger partial charge in [0.2, 0.25) is 15.9 Å². The number of hydrogen-bond acceptors (Lipinski definition) is 3. The minimum absolute atomic E-state index is 0.0436. The molecule has 1 heterocycles. The molecule has 0 aliphatic carbocycles. The lowest BCUT2D eigenvalue weighted by Crippen LogP contribution is -2.50. The van der Waals surface area contributed by atoms with Crippen LogP contribution in [0.1, 0.15) is 30.4 Å². The van der Waals surface area contributed by atoms with E-state index in [0.29, 0.717) is 6.42 Å². The molecule has 30 heavy (non-hydrogen) atoms. The van der Waals surface area contributed by atoms with E-state index in [0.717, 1.165) is 29.8 Å². The van der Waals surface area contributed by atoms with Crippen LogP contribution in [0.5, 0.6) is 0 Å². The molecule has 0 spiro atoms. The van der Waals surface area contributed by atoms with Crippen LogP contribution in [-0.2, 0) is 21.0 Å². The third kappa shape index (κ3) is 5.02. The van der Waals surface area contributed by atoms with Crippen molar-refractivity contribution in [3.63, 3.8) is 0 Å². The van der Waals surface area contributed by atoms with Gasteiger partial charge in [0.05, 0.1) is 10.5 Å². The van der Waals surface area contributed by atoms with Crippen LogP contribution in [0.25, 0.3) is 0 Å². The Morgan fingerprint density at radius 3 is 2.07 bits per heavy atom. The molecule has 2 aromatic rings. The predicted molar refractivity (Wildman–Crippen MR) is 106 cm³/mol. The first-order valence-electron chi connectivity index (χ1n) is 9.59. The Morgan fingerprint density at radius 2 is 1.53 bits per heavy atom. The number of halogens is 3. The number of carbonyl (C=O) groups is 1. The van der Waals surface area contributed by atoms with E-state index in [9.17, 15) is 26.4 Å². The molecule has 0 radical (unpaired) electrons. The fraction of sp³-hybridized carbons (Fsp3) is 0.381. The molecular weight excluding hydrogens is 417 g/mol. The zero-order chi connectivity index (χ0) is 21.9. The number of benzene rings is 2. The molecule has 1 amide bonds. The van der Waals surface area contributed by atoms with Crippen molar-refractivity contribution < 1.29 is 26.4 Å². The number of alkyl halides is 3. The monoisotopic (exact) mass is 440 g/mol. The summed E-state index contributed by atoms with van der Waals surface area (Å²) in [6.07, 6.45) is -4.19. The number of carbonyl (C=O) groups excluding carboxylic acids is 1. The lowest BCUT2D eigenvalue weighted by molar-refractivity contribution is -0.137. The average Bonchev–Trinajstić information content (AvgIpc) is 2.74. The molecule has 1 atom stereocenters. The van der Waals surface area contributed by atoms with Crippen LogP contribution in [0.15, 0.2) is 59.5 Å². The van der Waals surface area contributed by atoms with Crippen LogP contribution in [0.3, 0.4) is 0 Å². The Balaban J connectivity index is 1.59. The highest BCUT2D eigenvalue weighted by molar-refractivity contribution is 7.89. The topological polar surface area (TPSA) is 57.7 Å². The average molecular weight is 440 g/mol. The number of amides is 1. The number of nitrogens with zero attached hydrogens (tertiary/aromatic N) is 2. The number of hydrogen-bond donors (Lipinski definition) is 0. The smallest absolute Gasteiger partial charge is 0.340 e. The first-order chi connectivity index (χ1) is 14.1. The summed E-state index contributed by atoms with van der Waals surface area (Å²) >= 11 is 0. The molecular formula is C21H23F3N2O3S. The van der Waals surface area contributed by atoms with Crippen LogP contribution in [0, 0.1) is 0 Å². The van der Waals surface area contributed by atoms with Crippen molar-refractivity contribution in [2.45, 2.75) is 30.3 Å². The summed E-state index contributed by atoms with van der Waals surface area (Å²) < 4.78 is 64.7. The highest BCUT2D eigenvalue weighted by Gasteiger charge is 2.33. The summed E-state index contributed by atoms with van der Waals surface area (Å²) in [5.74, 6) is 0.00513. The molecule has 0 bridgehead atoms. The van der Waals surface area contributed by atoms with Gasteiger partial charge in [-0.05, 0) is 35.7 Å². The normalized spacial score (nSPS) is 17.0. The largest absolute Gasteiger partial charge is 0.416 e. The Hall–Kier alpha value is -2.39. The van der Waals surface area contributed by atoms with Crippen molar-refractivity contribution in [3.8, 4) is 0 Å². The van der Waals surface area contributed by atoms with Gasteiger partial charge >= 0.3 is 6.18 Å². The van der Waals surface area contributed by atoms with E-state index in [1.54, 1.807) is 4.90 Å². The van der Waals surface area contributed by atoms with Crippen molar-refractivity contribution in [3.05, 3.63) is 65.7 Å². The second kappa shape index (κ2) is 8.77. The van der Waals surface area contributed by atoms with Crippen molar-refractivity contribution in [2.75, 3.05) is 26.2 Å². The van der Waals surface area contributed by atoms with Crippen molar-refractivity contribution in [2.24, 2.45) is 0 Å². The summed E-state index contributed by atoms with van der Waals surface area (Å²) in [6, 6.07) is 13.1. The first-order valence-corrected chi connectivity index (χ1v) is 11.0. The maximum absolute atomic E-state index is 12.7. The molecule has 5 nitrogen and oxygen atoms in total. The lowest BCUT2D eigenvalue weighted by Gasteiger charge is -2.34.